The molecule has 0 spiro atoms. The number of anilines is 1. The van der Waals surface area contributed by atoms with Crippen LogP contribution in [-0.4, -0.2) is 35.8 Å². The van der Waals surface area contributed by atoms with Crippen molar-refractivity contribution in [1.29, 1.82) is 0 Å². The number of ether oxygens (including phenoxy) is 2. The summed E-state index contributed by atoms with van der Waals surface area (Å²) in [5.41, 5.74) is 3.89. The van der Waals surface area contributed by atoms with Crippen LogP contribution in [0.5, 0.6) is 11.5 Å². The van der Waals surface area contributed by atoms with Crippen molar-refractivity contribution in [2.24, 2.45) is 0 Å². The van der Waals surface area contributed by atoms with Crippen LogP contribution in [0.3, 0.4) is 0 Å². The fourth-order valence-electron chi connectivity index (χ4n) is 4.00. The van der Waals surface area contributed by atoms with Gasteiger partial charge in [0, 0.05) is 24.2 Å². The van der Waals surface area contributed by atoms with E-state index in [2.05, 4.69) is 10.1 Å². The zero-order chi connectivity index (χ0) is 22.1. The Hall–Kier alpha value is -3.35. The highest BCUT2D eigenvalue weighted by molar-refractivity contribution is 5.97. The molecule has 4 rings (SSSR count). The molecule has 1 fully saturated rings. The molecule has 2 aromatic carbocycles. The number of amides is 1. The minimum atomic E-state index is -0.141. The first kappa shape index (κ1) is 20.9. The molecule has 2 heterocycles. The average molecular weight is 421 g/mol. The van der Waals surface area contributed by atoms with Crippen LogP contribution in [0, 0.1) is 13.8 Å². The van der Waals surface area contributed by atoms with Crippen LogP contribution in [0.4, 0.5) is 5.69 Å². The molecule has 3 aromatic rings. The summed E-state index contributed by atoms with van der Waals surface area (Å²) < 4.78 is 16.8. The Morgan fingerprint density at radius 1 is 1.13 bits per heavy atom. The standard InChI is InChI=1S/C24H27N3O4/c1-14(2)30-19-10-9-17(11-20(19)29-5)23-25-24(31-26-23)18-12-21(28)27(13-18)22-15(3)7-6-8-16(22)4/h6-11,14,18H,12-13H2,1-5H3. The van der Waals surface area contributed by atoms with Gasteiger partial charge in [0.1, 0.15) is 0 Å². The minimum absolute atomic E-state index is 0.0382. The lowest BCUT2D eigenvalue weighted by molar-refractivity contribution is -0.117. The Bertz CT molecular complexity index is 1090. The first-order valence-corrected chi connectivity index (χ1v) is 10.4. The largest absolute Gasteiger partial charge is 0.493 e. The van der Waals surface area contributed by atoms with E-state index in [9.17, 15) is 4.79 Å². The summed E-state index contributed by atoms with van der Waals surface area (Å²) in [5.74, 6) is 2.13. The molecule has 0 radical (unpaired) electrons. The molecule has 1 aliphatic rings. The van der Waals surface area contributed by atoms with Gasteiger partial charge in [-0.25, -0.2) is 0 Å². The number of methoxy groups -OCH3 is 1. The molecular weight excluding hydrogens is 394 g/mol. The van der Waals surface area contributed by atoms with Crippen molar-refractivity contribution in [1.82, 2.24) is 10.1 Å². The van der Waals surface area contributed by atoms with Gasteiger partial charge < -0.3 is 18.9 Å². The van der Waals surface area contributed by atoms with Crippen molar-refractivity contribution in [3.05, 3.63) is 53.4 Å². The van der Waals surface area contributed by atoms with Gasteiger partial charge in [0.05, 0.1) is 19.1 Å². The lowest BCUT2D eigenvalue weighted by Crippen LogP contribution is -2.26. The predicted octanol–water partition coefficient (Wildman–Crippen LogP) is 4.67. The van der Waals surface area contributed by atoms with Gasteiger partial charge in [0.15, 0.2) is 11.5 Å². The summed E-state index contributed by atoms with van der Waals surface area (Å²) in [6, 6.07) is 11.6. The molecule has 31 heavy (non-hydrogen) atoms. The Labute approximate surface area is 182 Å². The Balaban J connectivity index is 1.56. The third kappa shape index (κ3) is 4.13. The third-order valence-corrected chi connectivity index (χ3v) is 5.41. The molecule has 162 valence electrons. The van der Waals surface area contributed by atoms with Gasteiger partial charge in [-0.1, -0.05) is 23.4 Å². The van der Waals surface area contributed by atoms with Crippen molar-refractivity contribution < 1.29 is 18.8 Å². The zero-order valence-corrected chi connectivity index (χ0v) is 18.5. The molecule has 0 N–H and O–H groups in total. The van der Waals surface area contributed by atoms with Crippen LogP contribution >= 0.6 is 0 Å². The van der Waals surface area contributed by atoms with Crippen molar-refractivity contribution in [3.8, 4) is 22.9 Å². The number of aryl methyl sites for hydroxylation is 2. The van der Waals surface area contributed by atoms with Crippen LogP contribution in [0.2, 0.25) is 0 Å². The van der Waals surface area contributed by atoms with Crippen molar-refractivity contribution >= 4 is 11.6 Å². The number of hydrogen-bond acceptors (Lipinski definition) is 6. The number of rotatable bonds is 6. The van der Waals surface area contributed by atoms with Crippen LogP contribution in [0.15, 0.2) is 40.9 Å². The summed E-state index contributed by atoms with van der Waals surface area (Å²) >= 11 is 0. The fourth-order valence-corrected chi connectivity index (χ4v) is 4.00. The van der Waals surface area contributed by atoms with E-state index >= 15 is 0 Å². The van der Waals surface area contributed by atoms with E-state index in [1.807, 2.05) is 69.0 Å². The van der Waals surface area contributed by atoms with Crippen LogP contribution in [0.25, 0.3) is 11.4 Å². The molecule has 7 heteroatoms. The second-order valence-electron chi connectivity index (χ2n) is 8.13. The fraction of sp³-hybridized carbons (Fsp3) is 0.375. The number of carbonyl (C=O) groups excluding carboxylic acids is 1. The number of aromatic nitrogens is 2. The maximum absolute atomic E-state index is 12.8. The highest BCUT2D eigenvalue weighted by atomic mass is 16.5. The molecule has 1 amide bonds. The van der Waals surface area contributed by atoms with Crippen LogP contribution in [-0.2, 0) is 4.79 Å². The summed E-state index contributed by atoms with van der Waals surface area (Å²) in [5, 5.41) is 4.14. The van der Waals surface area contributed by atoms with Gasteiger partial charge in [-0.2, -0.15) is 4.98 Å². The maximum atomic E-state index is 12.8. The summed E-state index contributed by atoms with van der Waals surface area (Å²) in [4.78, 5) is 19.2. The normalized spacial score (nSPS) is 16.3. The SMILES string of the molecule is COc1cc(-c2noc(C3CC(=O)N(c4c(C)cccc4C)C3)n2)ccc1OC(C)C. The molecule has 1 unspecified atom stereocenters. The monoisotopic (exact) mass is 421 g/mol. The summed E-state index contributed by atoms with van der Waals surface area (Å²) in [6.07, 6.45) is 0.385. The zero-order valence-electron chi connectivity index (χ0n) is 18.5. The van der Waals surface area contributed by atoms with Crippen molar-refractivity contribution in [3.63, 3.8) is 0 Å². The maximum Gasteiger partial charge on any atom is 0.232 e. The number of benzene rings is 2. The van der Waals surface area contributed by atoms with Gasteiger partial charge in [-0.15, -0.1) is 0 Å². The van der Waals surface area contributed by atoms with Crippen molar-refractivity contribution in [2.75, 3.05) is 18.6 Å². The summed E-state index contributed by atoms with van der Waals surface area (Å²) in [6.45, 7) is 8.49. The molecular formula is C24H27N3O4. The first-order chi connectivity index (χ1) is 14.9. The number of hydrogen-bond donors (Lipinski definition) is 0. The Morgan fingerprint density at radius 2 is 1.87 bits per heavy atom. The minimum Gasteiger partial charge on any atom is -0.493 e. The Kier molecular flexibility index (Phi) is 5.67. The number of nitrogens with zero attached hydrogens (tertiary/aromatic N) is 3. The van der Waals surface area contributed by atoms with Crippen molar-refractivity contribution in [2.45, 2.75) is 46.1 Å². The van der Waals surface area contributed by atoms with E-state index in [0.717, 1.165) is 22.4 Å². The van der Waals surface area contributed by atoms with Crippen LogP contribution in [0.1, 0.15) is 43.2 Å². The highest BCUT2D eigenvalue weighted by Gasteiger charge is 2.36. The van der Waals surface area contributed by atoms with Gasteiger partial charge in [-0.3, -0.25) is 4.79 Å². The quantitative estimate of drug-likeness (QED) is 0.576. The van der Waals surface area contributed by atoms with E-state index in [-0.39, 0.29) is 17.9 Å². The second-order valence-corrected chi connectivity index (χ2v) is 8.13. The molecule has 0 saturated carbocycles. The lowest BCUT2D eigenvalue weighted by atomic mass is 10.1. The lowest BCUT2D eigenvalue weighted by Gasteiger charge is -2.21. The van der Waals surface area contributed by atoms with Gasteiger partial charge >= 0.3 is 0 Å². The molecule has 7 nitrogen and oxygen atoms in total. The molecule has 1 aromatic heterocycles. The summed E-state index contributed by atoms with van der Waals surface area (Å²) in [7, 11) is 1.60. The topological polar surface area (TPSA) is 77.7 Å². The predicted molar refractivity (Wildman–Crippen MR) is 118 cm³/mol. The molecule has 0 bridgehead atoms. The number of para-hydroxylation sites is 1. The molecule has 0 aliphatic carbocycles. The Morgan fingerprint density at radius 3 is 2.55 bits per heavy atom. The second kappa shape index (κ2) is 8.41. The van der Waals surface area contributed by atoms with Gasteiger partial charge in [0.2, 0.25) is 17.6 Å². The van der Waals surface area contributed by atoms with Gasteiger partial charge in [0.25, 0.3) is 0 Å². The van der Waals surface area contributed by atoms with E-state index in [1.165, 1.54) is 0 Å². The number of carbonyl (C=O) groups is 1. The smallest absolute Gasteiger partial charge is 0.232 e. The van der Waals surface area contributed by atoms with E-state index in [4.69, 9.17) is 14.0 Å². The average Bonchev–Trinajstić information content (AvgIpc) is 3.35. The third-order valence-electron chi connectivity index (χ3n) is 5.41. The van der Waals surface area contributed by atoms with Gasteiger partial charge in [-0.05, 0) is 57.0 Å². The van der Waals surface area contributed by atoms with E-state index in [1.54, 1.807) is 7.11 Å². The van der Waals surface area contributed by atoms with E-state index in [0.29, 0.717) is 36.2 Å². The first-order valence-electron chi connectivity index (χ1n) is 10.4. The molecule has 1 atom stereocenters. The molecule has 1 aliphatic heterocycles. The highest BCUT2D eigenvalue weighted by Crippen LogP contribution is 2.36. The van der Waals surface area contributed by atoms with E-state index < -0.39 is 0 Å². The van der Waals surface area contributed by atoms with Crippen LogP contribution < -0.4 is 14.4 Å². The molecule has 1 saturated heterocycles.